The number of esters is 1. The summed E-state index contributed by atoms with van der Waals surface area (Å²) >= 11 is 7.53. The summed E-state index contributed by atoms with van der Waals surface area (Å²) in [7, 11) is 2.79. The van der Waals surface area contributed by atoms with Crippen LogP contribution in [-0.4, -0.2) is 31.4 Å². The minimum absolute atomic E-state index is 0.142. The molecular weight excluding hydrogens is 538 g/mol. The van der Waals surface area contributed by atoms with E-state index in [2.05, 4.69) is 4.99 Å². The van der Waals surface area contributed by atoms with E-state index in [1.165, 1.54) is 30.1 Å². The predicted molar refractivity (Wildman–Crippen MR) is 149 cm³/mol. The van der Waals surface area contributed by atoms with Crippen molar-refractivity contribution in [1.82, 2.24) is 4.57 Å². The molecule has 0 saturated heterocycles. The van der Waals surface area contributed by atoms with Crippen molar-refractivity contribution in [2.75, 3.05) is 20.8 Å². The van der Waals surface area contributed by atoms with Crippen LogP contribution in [0.15, 0.2) is 75.7 Å². The highest BCUT2D eigenvalue weighted by Crippen LogP contribution is 2.37. The van der Waals surface area contributed by atoms with E-state index in [9.17, 15) is 9.59 Å². The SMILES string of the molecule is COC(=O)C1=C(C)N=c2s/c(=C\c3c(OCC#N)ccc4ccccc34)c(=O)n2[C@@H]1c1cc(Cl)ccc1OC. The fourth-order valence-electron chi connectivity index (χ4n) is 4.70. The van der Waals surface area contributed by atoms with Crippen molar-refractivity contribution in [2.45, 2.75) is 13.0 Å². The van der Waals surface area contributed by atoms with Gasteiger partial charge in [-0.3, -0.25) is 9.36 Å². The van der Waals surface area contributed by atoms with Gasteiger partial charge in [0.15, 0.2) is 11.4 Å². The molecule has 2 heterocycles. The molecule has 0 saturated carbocycles. The first kappa shape index (κ1) is 26.2. The molecule has 4 aromatic rings. The van der Waals surface area contributed by atoms with E-state index < -0.39 is 12.0 Å². The van der Waals surface area contributed by atoms with Gasteiger partial charge in [0.25, 0.3) is 5.56 Å². The van der Waals surface area contributed by atoms with Gasteiger partial charge in [0.1, 0.15) is 23.6 Å². The van der Waals surface area contributed by atoms with Gasteiger partial charge in [-0.15, -0.1) is 0 Å². The van der Waals surface area contributed by atoms with Crippen molar-refractivity contribution in [2.24, 2.45) is 4.99 Å². The number of nitriles is 1. The number of carbonyl (C=O) groups is 1. The first-order valence-corrected chi connectivity index (χ1v) is 13.0. The lowest BCUT2D eigenvalue weighted by atomic mass is 9.95. The van der Waals surface area contributed by atoms with Crippen LogP contribution in [0.3, 0.4) is 0 Å². The number of rotatable bonds is 6. The number of aromatic nitrogens is 1. The summed E-state index contributed by atoms with van der Waals surface area (Å²) in [5, 5.41) is 11.3. The van der Waals surface area contributed by atoms with Crippen molar-refractivity contribution >= 4 is 45.8 Å². The van der Waals surface area contributed by atoms with Gasteiger partial charge in [0, 0.05) is 16.1 Å². The Morgan fingerprint density at radius 1 is 1.18 bits per heavy atom. The lowest BCUT2D eigenvalue weighted by molar-refractivity contribution is -0.136. The molecule has 1 aliphatic rings. The zero-order valence-electron chi connectivity index (χ0n) is 21.2. The number of hydrogen-bond donors (Lipinski definition) is 0. The van der Waals surface area contributed by atoms with Gasteiger partial charge in [0.2, 0.25) is 0 Å². The Morgan fingerprint density at radius 2 is 1.95 bits per heavy atom. The third kappa shape index (κ3) is 4.69. The Kier molecular flexibility index (Phi) is 7.24. The van der Waals surface area contributed by atoms with Crippen LogP contribution in [0.4, 0.5) is 0 Å². The highest BCUT2D eigenvalue weighted by atomic mass is 35.5. The van der Waals surface area contributed by atoms with E-state index in [4.69, 9.17) is 31.1 Å². The number of thiazole rings is 1. The number of methoxy groups -OCH3 is 2. The van der Waals surface area contributed by atoms with E-state index in [0.29, 0.717) is 42.7 Å². The molecule has 8 nitrogen and oxygen atoms in total. The number of allylic oxidation sites excluding steroid dienone is 1. The molecule has 0 aliphatic carbocycles. The molecule has 0 fully saturated rings. The van der Waals surface area contributed by atoms with E-state index in [0.717, 1.165) is 10.8 Å². The average Bonchev–Trinajstić information content (AvgIpc) is 3.25. The molecule has 3 aromatic carbocycles. The van der Waals surface area contributed by atoms with Crippen LogP contribution < -0.4 is 24.4 Å². The van der Waals surface area contributed by atoms with Crippen molar-refractivity contribution in [3.63, 3.8) is 0 Å². The molecular formula is C29H22ClN3O5S. The van der Waals surface area contributed by atoms with Gasteiger partial charge in [-0.2, -0.15) is 5.26 Å². The van der Waals surface area contributed by atoms with Crippen molar-refractivity contribution in [1.29, 1.82) is 5.26 Å². The zero-order chi connectivity index (χ0) is 27.7. The lowest BCUT2D eigenvalue weighted by Gasteiger charge is -2.25. The second-order valence-electron chi connectivity index (χ2n) is 8.60. The topological polar surface area (TPSA) is 103 Å². The lowest BCUT2D eigenvalue weighted by Crippen LogP contribution is -2.40. The number of ether oxygens (including phenoxy) is 3. The highest BCUT2D eigenvalue weighted by Gasteiger charge is 2.35. The Hall–Kier alpha value is -4.39. The highest BCUT2D eigenvalue weighted by molar-refractivity contribution is 7.07. The maximum Gasteiger partial charge on any atom is 0.338 e. The molecule has 0 radical (unpaired) electrons. The molecule has 0 N–H and O–H groups in total. The molecule has 0 bridgehead atoms. The number of carbonyl (C=O) groups excluding carboxylic acids is 1. The maximum absolute atomic E-state index is 14.1. The Labute approximate surface area is 232 Å². The van der Waals surface area contributed by atoms with Gasteiger partial charge in [-0.05, 0) is 48.0 Å². The summed E-state index contributed by atoms with van der Waals surface area (Å²) in [6.45, 7) is 1.56. The van der Waals surface area contributed by atoms with E-state index in [1.54, 1.807) is 37.3 Å². The summed E-state index contributed by atoms with van der Waals surface area (Å²) < 4.78 is 18.2. The standard InChI is InChI=1S/C29H22ClN3O5S/c1-16-25(28(35)37-3)26(21-14-18(30)9-11-22(21)36-2)33-27(34)24(39-29(33)32-16)15-20-19-7-5-4-6-17(19)8-10-23(20)38-13-12-31/h4-11,14-15,26H,13H2,1-3H3/b24-15-/t26-/m1/s1. The first-order chi connectivity index (χ1) is 18.9. The molecule has 1 aromatic heterocycles. The summed E-state index contributed by atoms with van der Waals surface area (Å²) in [5.74, 6) is 0.315. The fraction of sp³-hybridized carbons (Fsp3) is 0.172. The second kappa shape index (κ2) is 10.8. The Bertz CT molecular complexity index is 1880. The van der Waals surface area contributed by atoms with Crippen LogP contribution in [0.5, 0.6) is 11.5 Å². The normalized spacial score (nSPS) is 14.9. The van der Waals surface area contributed by atoms with Crippen LogP contribution >= 0.6 is 22.9 Å². The quantitative estimate of drug-likeness (QED) is 0.329. The summed E-state index contributed by atoms with van der Waals surface area (Å²) in [4.78, 5) is 32.0. The minimum Gasteiger partial charge on any atom is -0.496 e. The number of nitrogens with zero attached hydrogens (tertiary/aromatic N) is 3. The molecule has 5 rings (SSSR count). The Balaban J connectivity index is 1.82. The molecule has 0 unspecified atom stereocenters. The van der Waals surface area contributed by atoms with Crippen molar-refractivity contribution < 1.29 is 19.0 Å². The van der Waals surface area contributed by atoms with Crippen molar-refractivity contribution in [3.05, 3.63) is 102 Å². The van der Waals surface area contributed by atoms with Crippen LogP contribution in [0, 0.1) is 11.3 Å². The second-order valence-corrected chi connectivity index (χ2v) is 10.1. The Morgan fingerprint density at radius 3 is 2.69 bits per heavy atom. The monoisotopic (exact) mass is 559 g/mol. The minimum atomic E-state index is -0.883. The first-order valence-electron chi connectivity index (χ1n) is 11.8. The predicted octanol–water partition coefficient (Wildman–Crippen LogP) is 4.13. The van der Waals surface area contributed by atoms with Crippen LogP contribution in [-0.2, 0) is 9.53 Å². The molecule has 0 amide bonds. The number of fused-ring (bicyclic) bond motifs is 2. The number of halogens is 1. The van der Waals surface area contributed by atoms with Crippen LogP contribution in [0.25, 0.3) is 16.8 Å². The summed E-state index contributed by atoms with van der Waals surface area (Å²) in [5.41, 5.74) is 1.45. The molecule has 10 heteroatoms. The number of hydrogen-bond acceptors (Lipinski definition) is 8. The molecule has 1 aliphatic heterocycles. The average molecular weight is 560 g/mol. The largest absolute Gasteiger partial charge is 0.496 e. The molecule has 39 heavy (non-hydrogen) atoms. The number of benzene rings is 3. The third-order valence-corrected chi connectivity index (χ3v) is 7.63. The van der Waals surface area contributed by atoms with Gasteiger partial charge in [0.05, 0.1) is 30.0 Å². The third-order valence-electron chi connectivity index (χ3n) is 6.41. The van der Waals surface area contributed by atoms with Crippen molar-refractivity contribution in [3.8, 4) is 17.6 Å². The fourth-order valence-corrected chi connectivity index (χ4v) is 5.91. The summed E-state index contributed by atoms with van der Waals surface area (Å²) in [6.07, 6.45) is 1.74. The van der Waals surface area contributed by atoms with E-state index >= 15 is 0 Å². The van der Waals surface area contributed by atoms with Gasteiger partial charge < -0.3 is 14.2 Å². The van der Waals surface area contributed by atoms with E-state index in [1.807, 2.05) is 36.4 Å². The van der Waals surface area contributed by atoms with Crippen LogP contribution in [0.2, 0.25) is 5.02 Å². The van der Waals surface area contributed by atoms with Gasteiger partial charge in [-0.25, -0.2) is 9.79 Å². The van der Waals surface area contributed by atoms with E-state index in [-0.39, 0.29) is 17.7 Å². The maximum atomic E-state index is 14.1. The molecule has 196 valence electrons. The van der Waals surface area contributed by atoms with Gasteiger partial charge in [-0.1, -0.05) is 53.3 Å². The van der Waals surface area contributed by atoms with Crippen LogP contribution in [0.1, 0.15) is 24.1 Å². The molecule has 1 atom stereocenters. The summed E-state index contributed by atoms with van der Waals surface area (Å²) in [6, 6.07) is 17.5. The van der Waals surface area contributed by atoms with Gasteiger partial charge >= 0.3 is 5.97 Å². The zero-order valence-corrected chi connectivity index (χ0v) is 22.8. The molecule has 0 spiro atoms. The smallest absolute Gasteiger partial charge is 0.338 e.